The number of nitro groups is 1. The molecule has 0 amide bonds. The summed E-state index contributed by atoms with van der Waals surface area (Å²) < 4.78 is 6.06. The van der Waals surface area contributed by atoms with E-state index in [1.165, 1.54) is 18.2 Å². The molecule has 0 radical (unpaired) electrons. The fourth-order valence-electron chi connectivity index (χ4n) is 1.71. The summed E-state index contributed by atoms with van der Waals surface area (Å²) in [6.45, 7) is -0.0289. The summed E-state index contributed by atoms with van der Waals surface area (Å²) in [5, 5.41) is 19.8. The van der Waals surface area contributed by atoms with Gasteiger partial charge in [-0.05, 0) is 40.2 Å². The molecule has 0 fully saturated rings. The summed E-state index contributed by atoms with van der Waals surface area (Å²) >= 11 is 3.25. The molecule has 7 heteroatoms. The van der Waals surface area contributed by atoms with Crippen LogP contribution in [-0.2, 0) is 6.61 Å². The van der Waals surface area contributed by atoms with E-state index in [0.29, 0.717) is 15.8 Å². The highest BCUT2D eigenvalue weighted by atomic mass is 79.9. The second-order valence-corrected chi connectivity index (χ2v) is 4.98. The Labute approximate surface area is 128 Å². The van der Waals surface area contributed by atoms with Crippen molar-refractivity contribution >= 4 is 27.6 Å². The van der Waals surface area contributed by atoms with E-state index >= 15 is 0 Å². The average molecular weight is 352 g/mol. The number of nitro benzene ring substituents is 1. The first-order valence-corrected chi connectivity index (χ1v) is 6.66. The van der Waals surface area contributed by atoms with Crippen LogP contribution in [0.15, 0.2) is 46.9 Å². The third-order valence-electron chi connectivity index (χ3n) is 2.75. The molecule has 0 aliphatic carbocycles. The van der Waals surface area contributed by atoms with Gasteiger partial charge in [-0.2, -0.15) is 0 Å². The zero-order chi connectivity index (χ0) is 15.4. The lowest BCUT2D eigenvalue weighted by Gasteiger charge is -2.09. The van der Waals surface area contributed by atoms with Crippen LogP contribution < -0.4 is 4.74 Å². The van der Waals surface area contributed by atoms with Crippen molar-refractivity contribution in [2.45, 2.75) is 6.61 Å². The maximum Gasteiger partial charge on any atom is 0.335 e. The van der Waals surface area contributed by atoms with Crippen molar-refractivity contribution in [3.63, 3.8) is 0 Å². The topological polar surface area (TPSA) is 89.7 Å². The van der Waals surface area contributed by atoms with E-state index in [2.05, 4.69) is 15.9 Å². The Morgan fingerprint density at radius 2 is 2.00 bits per heavy atom. The van der Waals surface area contributed by atoms with E-state index in [1.807, 2.05) is 0 Å². The highest BCUT2D eigenvalue weighted by Crippen LogP contribution is 2.28. The number of hydrogen-bond acceptors (Lipinski definition) is 4. The van der Waals surface area contributed by atoms with Crippen LogP contribution in [0.1, 0.15) is 15.9 Å². The number of aromatic carboxylic acids is 1. The Kier molecular flexibility index (Phi) is 4.54. The van der Waals surface area contributed by atoms with Gasteiger partial charge >= 0.3 is 5.97 Å². The monoisotopic (exact) mass is 351 g/mol. The summed E-state index contributed by atoms with van der Waals surface area (Å²) in [5.74, 6) is -0.758. The summed E-state index contributed by atoms with van der Waals surface area (Å²) in [4.78, 5) is 21.3. The maximum absolute atomic E-state index is 10.9. The molecule has 0 spiro atoms. The van der Waals surface area contributed by atoms with Gasteiger partial charge in [-0.15, -0.1) is 0 Å². The van der Waals surface area contributed by atoms with E-state index in [9.17, 15) is 14.9 Å². The van der Waals surface area contributed by atoms with E-state index in [0.717, 1.165) is 0 Å². The first-order chi connectivity index (χ1) is 9.99. The number of ether oxygens (including phenoxy) is 1. The number of nitrogens with zero attached hydrogens (tertiary/aromatic N) is 1. The van der Waals surface area contributed by atoms with Gasteiger partial charge in [0, 0.05) is 6.07 Å². The molecule has 0 heterocycles. The third kappa shape index (κ3) is 3.57. The molecule has 0 saturated carbocycles. The van der Waals surface area contributed by atoms with Gasteiger partial charge in [-0.3, -0.25) is 10.1 Å². The fourth-order valence-corrected chi connectivity index (χ4v) is 2.07. The fraction of sp³-hybridized carbons (Fsp3) is 0.0714. The maximum atomic E-state index is 10.9. The van der Waals surface area contributed by atoms with Crippen molar-refractivity contribution in [2.24, 2.45) is 0 Å². The molecule has 0 aliphatic heterocycles. The lowest BCUT2D eigenvalue weighted by Crippen LogP contribution is -2.02. The minimum absolute atomic E-state index is 0.0289. The number of carbonyl (C=O) groups is 1. The molecular formula is C14H10BrNO5. The minimum atomic E-state index is -1.07. The molecule has 2 aromatic rings. The van der Waals surface area contributed by atoms with Crippen molar-refractivity contribution in [3.05, 3.63) is 68.2 Å². The number of rotatable bonds is 5. The van der Waals surface area contributed by atoms with Crippen molar-refractivity contribution in [3.8, 4) is 5.75 Å². The first kappa shape index (κ1) is 15.0. The summed E-state index contributed by atoms with van der Waals surface area (Å²) in [6.07, 6.45) is 0. The van der Waals surface area contributed by atoms with E-state index < -0.39 is 10.9 Å². The molecular weight excluding hydrogens is 342 g/mol. The number of para-hydroxylation sites is 1. The van der Waals surface area contributed by atoms with Crippen LogP contribution in [0.25, 0.3) is 0 Å². The number of carboxylic acid groups (broad SMARTS) is 1. The van der Waals surface area contributed by atoms with Crippen LogP contribution >= 0.6 is 15.9 Å². The number of halogens is 1. The number of hydrogen-bond donors (Lipinski definition) is 1. The molecule has 0 aliphatic rings. The zero-order valence-corrected chi connectivity index (χ0v) is 12.2. The Morgan fingerprint density at radius 3 is 2.67 bits per heavy atom. The highest BCUT2D eigenvalue weighted by Gasteiger charge is 2.14. The Bertz CT molecular complexity index is 702. The molecule has 0 unspecified atom stereocenters. The van der Waals surface area contributed by atoms with Gasteiger partial charge < -0.3 is 9.84 Å². The lowest BCUT2D eigenvalue weighted by atomic mass is 10.2. The van der Waals surface area contributed by atoms with Crippen molar-refractivity contribution in [1.82, 2.24) is 0 Å². The quantitative estimate of drug-likeness (QED) is 0.656. The van der Waals surface area contributed by atoms with E-state index in [-0.39, 0.29) is 17.9 Å². The van der Waals surface area contributed by atoms with E-state index in [4.69, 9.17) is 9.84 Å². The molecule has 0 saturated heterocycles. The van der Waals surface area contributed by atoms with Crippen LogP contribution in [0.5, 0.6) is 5.75 Å². The molecule has 6 nitrogen and oxygen atoms in total. The van der Waals surface area contributed by atoms with Gasteiger partial charge in [0.05, 0.1) is 20.5 Å². The largest absolute Gasteiger partial charge is 0.487 e. The van der Waals surface area contributed by atoms with Crippen LogP contribution in [-0.4, -0.2) is 16.0 Å². The molecule has 2 aromatic carbocycles. The van der Waals surface area contributed by atoms with Gasteiger partial charge in [0.25, 0.3) is 5.69 Å². The summed E-state index contributed by atoms with van der Waals surface area (Å²) in [6, 6.07) is 10.6. The molecule has 0 atom stereocenters. The molecule has 21 heavy (non-hydrogen) atoms. The van der Waals surface area contributed by atoms with Gasteiger partial charge in [-0.25, -0.2) is 4.79 Å². The van der Waals surface area contributed by atoms with Crippen molar-refractivity contribution in [2.75, 3.05) is 0 Å². The van der Waals surface area contributed by atoms with Crippen LogP contribution in [0.2, 0.25) is 0 Å². The van der Waals surface area contributed by atoms with Crippen LogP contribution in [0.4, 0.5) is 5.69 Å². The number of benzene rings is 2. The SMILES string of the molecule is O=C(O)c1ccc(Br)c(OCc2ccccc2[N+](=O)[O-])c1. The average Bonchev–Trinajstić information content (AvgIpc) is 2.46. The molecule has 0 aromatic heterocycles. The smallest absolute Gasteiger partial charge is 0.335 e. The molecule has 1 N–H and O–H groups in total. The van der Waals surface area contributed by atoms with Crippen molar-refractivity contribution < 1.29 is 19.6 Å². The minimum Gasteiger partial charge on any atom is -0.487 e. The Morgan fingerprint density at radius 1 is 1.29 bits per heavy atom. The molecule has 0 bridgehead atoms. The Hall–Kier alpha value is -2.41. The predicted molar refractivity (Wildman–Crippen MR) is 78.5 cm³/mol. The normalized spacial score (nSPS) is 10.1. The third-order valence-corrected chi connectivity index (χ3v) is 3.40. The van der Waals surface area contributed by atoms with Crippen molar-refractivity contribution in [1.29, 1.82) is 0 Å². The Balaban J connectivity index is 2.22. The first-order valence-electron chi connectivity index (χ1n) is 5.87. The van der Waals surface area contributed by atoms with Gasteiger partial charge in [0.2, 0.25) is 0 Å². The zero-order valence-electron chi connectivity index (χ0n) is 10.7. The predicted octanol–water partition coefficient (Wildman–Crippen LogP) is 3.63. The van der Waals surface area contributed by atoms with Gasteiger partial charge in [-0.1, -0.05) is 12.1 Å². The standard InChI is InChI=1S/C14H10BrNO5/c15-11-6-5-9(14(17)18)7-13(11)21-8-10-3-1-2-4-12(10)16(19)20/h1-7H,8H2,(H,17,18). The van der Waals surface area contributed by atoms with Crippen LogP contribution in [0.3, 0.4) is 0 Å². The summed E-state index contributed by atoms with van der Waals surface area (Å²) in [7, 11) is 0. The van der Waals surface area contributed by atoms with Gasteiger partial charge in [0.1, 0.15) is 12.4 Å². The highest BCUT2D eigenvalue weighted by molar-refractivity contribution is 9.10. The summed E-state index contributed by atoms with van der Waals surface area (Å²) in [5.41, 5.74) is 0.453. The molecule has 2 rings (SSSR count). The van der Waals surface area contributed by atoms with Crippen LogP contribution in [0, 0.1) is 10.1 Å². The van der Waals surface area contributed by atoms with E-state index in [1.54, 1.807) is 24.3 Å². The number of carboxylic acids is 1. The van der Waals surface area contributed by atoms with Gasteiger partial charge in [0.15, 0.2) is 0 Å². The second kappa shape index (κ2) is 6.36. The lowest BCUT2D eigenvalue weighted by molar-refractivity contribution is -0.385. The second-order valence-electron chi connectivity index (χ2n) is 4.12. The molecule has 108 valence electrons.